The van der Waals surface area contributed by atoms with Crippen molar-refractivity contribution < 1.29 is 42.4 Å². The van der Waals surface area contributed by atoms with Crippen molar-refractivity contribution >= 4 is 39.5 Å². The number of nitrogen functional groups attached to an aromatic ring is 2. The number of ether oxygens (including phenoxy) is 1. The topological polar surface area (TPSA) is 183 Å². The molecule has 5 atom stereocenters. The summed E-state index contributed by atoms with van der Waals surface area (Å²) in [4.78, 5) is 21.4. The molecule has 1 aliphatic heterocycles. The number of nitrogens with two attached hydrogens (primary N) is 2. The van der Waals surface area contributed by atoms with Gasteiger partial charge in [0, 0.05) is 11.6 Å². The number of anilines is 2. The maximum atomic E-state index is 13.7. The molecule has 0 unspecified atom stereocenters. The lowest BCUT2D eigenvalue weighted by atomic mass is 9.90. The van der Waals surface area contributed by atoms with E-state index < -0.39 is 42.0 Å². The number of aliphatic carboxylic acids is 1. The predicted molar refractivity (Wildman–Crippen MR) is 138 cm³/mol. The number of pyridine rings is 1. The number of hydrogen-bond acceptors (Lipinski definition) is 9. The smallest absolute Gasteiger partial charge is 0.475 e. The van der Waals surface area contributed by atoms with Gasteiger partial charge in [0.1, 0.15) is 29.5 Å². The zero-order valence-electron chi connectivity index (χ0n) is 21.5. The molecule has 6 rings (SSSR count). The molecule has 4 heterocycles. The Labute approximate surface area is 229 Å². The number of carbonyl (C=O) groups is 1. The summed E-state index contributed by atoms with van der Waals surface area (Å²) in [6, 6.07) is 6.99. The summed E-state index contributed by atoms with van der Waals surface area (Å²) in [5.41, 5.74) is 13.3. The number of aryl methyl sites for hydroxylation is 1. The third-order valence-electron chi connectivity index (χ3n) is 7.61. The van der Waals surface area contributed by atoms with Crippen LogP contribution in [0.15, 0.2) is 36.8 Å². The maximum absolute atomic E-state index is 13.7. The summed E-state index contributed by atoms with van der Waals surface area (Å²) in [5, 5.41) is 31.1. The Balaban J connectivity index is 0.000000431. The van der Waals surface area contributed by atoms with Crippen molar-refractivity contribution in [1.29, 1.82) is 0 Å². The van der Waals surface area contributed by atoms with Crippen molar-refractivity contribution in [2.24, 2.45) is 5.92 Å². The summed E-state index contributed by atoms with van der Waals surface area (Å²) < 4.78 is 53.5. The second-order valence-corrected chi connectivity index (χ2v) is 10.2. The van der Waals surface area contributed by atoms with Gasteiger partial charge in [0.15, 0.2) is 17.9 Å². The Morgan fingerprint density at radius 2 is 1.93 bits per heavy atom. The Bertz CT molecular complexity index is 1650. The van der Waals surface area contributed by atoms with Gasteiger partial charge in [-0.15, -0.1) is 0 Å². The van der Waals surface area contributed by atoms with Crippen LogP contribution in [-0.2, 0) is 16.0 Å². The van der Waals surface area contributed by atoms with E-state index in [-0.39, 0.29) is 11.7 Å². The number of fused-ring (bicyclic) bond motifs is 3. The number of alkyl halides is 3. The minimum absolute atomic E-state index is 0.0255. The molecular weight excluding hydrogens is 552 g/mol. The van der Waals surface area contributed by atoms with Crippen LogP contribution < -0.4 is 11.5 Å². The highest BCUT2D eigenvalue weighted by Gasteiger charge is 2.61. The molecular formula is C26H26F4N6O5. The van der Waals surface area contributed by atoms with Gasteiger partial charge < -0.3 is 36.1 Å². The first-order chi connectivity index (χ1) is 19.2. The number of benzene rings is 1. The third-order valence-corrected chi connectivity index (χ3v) is 7.61. The molecule has 0 spiro atoms. The number of hydrogen-bond donors (Lipinski definition) is 5. The molecule has 41 heavy (non-hydrogen) atoms. The summed E-state index contributed by atoms with van der Waals surface area (Å²) in [6.45, 7) is 1.89. The van der Waals surface area contributed by atoms with E-state index in [4.69, 9.17) is 26.1 Å². The molecule has 218 valence electrons. The lowest BCUT2D eigenvalue weighted by molar-refractivity contribution is -0.192. The fourth-order valence-corrected chi connectivity index (χ4v) is 5.69. The normalized spacial score (nSPS) is 25.7. The van der Waals surface area contributed by atoms with Crippen molar-refractivity contribution in [2.75, 3.05) is 11.5 Å². The summed E-state index contributed by atoms with van der Waals surface area (Å²) in [5.74, 6) is -3.10. The highest BCUT2D eigenvalue weighted by atomic mass is 19.4. The van der Waals surface area contributed by atoms with Gasteiger partial charge in [0.25, 0.3) is 0 Å². The van der Waals surface area contributed by atoms with Crippen LogP contribution in [0.3, 0.4) is 0 Å². The molecule has 2 fully saturated rings. The monoisotopic (exact) mass is 578 g/mol. The van der Waals surface area contributed by atoms with Gasteiger partial charge in [0.2, 0.25) is 0 Å². The van der Waals surface area contributed by atoms with Gasteiger partial charge in [-0.25, -0.2) is 24.1 Å². The van der Waals surface area contributed by atoms with Crippen molar-refractivity contribution in [3.63, 3.8) is 0 Å². The van der Waals surface area contributed by atoms with Crippen LogP contribution in [0.5, 0.6) is 0 Å². The highest BCUT2D eigenvalue weighted by molar-refractivity contribution is 5.89. The number of aliphatic hydroxyl groups excluding tert-OH is 1. The number of aliphatic hydroxyl groups is 2. The molecule has 1 saturated heterocycles. The quantitative estimate of drug-likeness (QED) is 0.227. The number of aromatic nitrogens is 4. The van der Waals surface area contributed by atoms with E-state index in [0.29, 0.717) is 47.0 Å². The molecule has 0 bridgehead atoms. The number of halogens is 4. The van der Waals surface area contributed by atoms with Crippen LogP contribution in [0.2, 0.25) is 0 Å². The molecule has 1 saturated carbocycles. The van der Waals surface area contributed by atoms with Crippen LogP contribution in [0.25, 0.3) is 21.9 Å². The molecule has 7 N–H and O–H groups in total. The van der Waals surface area contributed by atoms with Crippen LogP contribution in [0.1, 0.15) is 30.2 Å². The van der Waals surface area contributed by atoms with Crippen molar-refractivity contribution in [3.8, 4) is 0 Å². The highest BCUT2D eigenvalue weighted by Crippen LogP contribution is 2.51. The largest absolute Gasteiger partial charge is 0.490 e. The minimum Gasteiger partial charge on any atom is -0.475 e. The van der Waals surface area contributed by atoms with E-state index in [9.17, 15) is 27.8 Å². The van der Waals surface area contributed by atoms with Crippen LogP contribution in [-0.4, -0.2) is 64.8 Å². The summed E-state index contributed by atoms with van der Waals surface area (Å²) in [6.07, 6.45) is -2.66. The second-order valence-electron chi connectivity index (χ2n) is 10.2. The lowest BCUT2D eigenvalue weighted by Gasteiger charge is -2.26. The summed E-state index contributed by atoms with van der Waals surface area (Å²) in [7, 11) is 0. The third kappa shape index (κ3) is 5.00. The fraction of sp³-hybridized carbons (Fsp3) is 0.385. The van der Waals surface area contributed by atoms with Gasteiger partial charge in [0.05, 0.1) is 17.0 Å². The predicted octanol–water partition coefficient (Wildman–Crippen LogP) is 2.87. The van der Waals surface area contributed by atoms with Gasteiger partial charge in [-0.3, -0.25) is 0 Å². The van der Waals surface area contributed by atoms with Crippen molar-refractivity contribution in [1.82, 2.24) is 19.5 Å². The number of rotatable bonds is 3. The molecule has 2 aliphatic rings. The molecule has 0 radical (unpaired) electrons. The van der Waals surface area contributed by atoms with E-state index in [1.54, 1.807) is 4.57 Å². The van der Waals surface area contributed by atoms with Crippen LogP contribution in [0.4, 0.5) is 29.2 Å². The number of nitrogens with zero attached hydrogens (tertiary/aromatic N) is 4. The Hall–Kier alpha value is -4.08. The first kappa shape index (κ1) is 28.4. The zero-order chi connectivity index (χ0) is 29.9. The van der Waals surface area contributed by atoms with E-state index in [1.165, 1.54) is 12.4 Å². The Morgan fingerprint density at radius 1 is 1.22 bits per heavy atom. The van der Waals surface area contributed by atoms with E-state index in [1.807, 2.05) is 31.3 Å². The molecule has 1 aromatic carbocycles. The molecule has 1 aliphatic carbocycles. The molecule has 0 amide bonds. The van der Waals surface area contributed by atoms with Crippen molar-refractivity contribution in [3.05, 3.63) is 53.7 Å². The van der Waals surface area contributed by atoms with Crippen LogP contribution >= 0.6 is 0 Å². The first-order valence-corrected chi connectivity index (χ1v) is 12.5. The Morgan fingerprint density at radius 3 is 2.61 bits per heavy atom. The summed E-state index contributed by atoms with van der Waals surface area (Å²) >= 11 is 0. The second kappa shape index (κ2) is 10.1. The average molecular weight is 579 g/mol. The van der Waals surface area contributed by atoms with Gasteiger partial charge in [-0.2, -0.15) is 13.2 Å². The molecule has 11 nitrogen and oxygen atoms in total. The van der Waals surface area contributed by atoms with E-state index in [0.717, 1.165) is 11.1 Å². The van der Waals surface area contributed by atoms with E-state index >= 15 is 0 Å². The molecule has 15 heteroatoms. The van der Waals surface area contributed by atoms with Gasteiger partial charge >= 0.3 is 12.1 Å². The lowest BCUT2D eigenvalue weighted by Crippen LogP contribution is -2.45. The van der Waals surface area contributed by atoms with Crippen molar-refractivity contribution in [2.45, 2.75) is 56.4 Å². The van der Waals surface area contributed by atoms with Gasteiger partial charge in [-0.05, 0) is 55.4 Å². The maximum Gasteiger partial charge on any atom is 0.490 e. The zero-order valence-corrected chi connectivity index (χ0v) is 21.5. The SMILES string of the molecule is Cc1cn([C@@H]2O[C@@H]3[C@H](Cc4ccc5cc(F)c(N)nc5c4)CC[C@]3(O)[C@H]2O)c2ncnc(N)c12.O=C(O)C(F)(F)F. The molecule has 3 aromatic heterocycles. The Kier molecular flexibility index (Phi) is 6.99. The number of carboxylic acids is 1. The molecule has 4 aromatic rings. The van der Waals surface area contributed by atoms with E-state index in [2.05, 4.69) is 15.0 Å². The first-order valence-electron chi connectivity index (χ1n) is 12.5. The number of carboxylic acid groups (broad SMARTS) is 1. The minimum atomic E-state index is -5.08. The van der Waals surface area contributed by atoms with Crippen LogP contribution in [0, 0.1) is 18.7 Å². The fourth-order valence-electron chi connectivity index (χ4n) is 5.69. The van der Waals surface area contributed by atoms with Gasteiger partial charge in [-0.1, -0.05) is 12.1 Å². The standard InChI is InChI=1S/C24H25FN6O3.C2HF3O2/c1-11-9-31(22-17(11)21(27)28-10-29-22)23-18(32)24(33)5-4-14(19(24)34-23)6-12-2-3-13-8-15(25)20(26)30-16(13)7-12;3-2(4,5)1(6)7/h2-3,7-10,14,18-19,23,32-33H,4-6H2,1H3,(H2,26,30)(H2,27,28,29);(H,6,7)/t14-,18-,19+,23+,24-;/m0./s1. The average Bonchev–Trinajstić information content (AvgIpc) is 3.49.